The van der Waals surface area contributed by atoms with Crippen LogP contribution < -0.4 is 4.74 Å². The number of ether oxygens (including phenoxy) is 1. The molecule has 21 heavy (non-hydrogen) atoms. The maximum atomic E-state index is 8.89. The summed E-state index contributed by atoms with van der Waals surface area (Å²) in [4.78, 5) is 2.30. The smallest absolute Gasteiger partial charge is 0.123 e. The molecule has 0 N–H and O–H groups in total. The molecule has 1 aliphatic rings. The minimum Gasteiger partial charge on any atom is -0.492 e. The van der Waals surface area contributed by atoms with Gasteiger partial charge in [0.25, 0.3) is 0 Å². The summed E-state index contributed by atoms with van der Waals surface area (Å²) in [6.45, 7) is 3.12. The topological polar surface area (TPSA) is 36.3 Å². The summed E-state index contributed by atoms with van der Waals surface area (Å²) in [5.41, 5.74) is 2.82. The summed E-state index contributed by atoms with van der Waals surface area (Å²) in [5, 5.41) is 9.53. The first-order valence-corrected chi connectivity index (χ1v) is 7.25. The summed E-state index contributed by atoms with van der Waals surface area (Å²) in [5.74, 6) is 0.964. The molecule has 0 atom stereocenters. The minimum atomic E-state index is 0.591. The number of nitrogens with zero attached hydrogens (tertiary/aromatic N) is 2. The number of para-hydroxylation sites is 1. The van der Waals surface area contributed by atoms with Gasteiger partial charge in [-0.15, -0.1) is 0 Å². The largest absolute Gasteiger partial charge is 0.492 e. The van der Waals surface area contributed by atoms with Gasteiger partial charge in [-0.2, -0.15) is 5.26 Å². The third kappa shape index (κ3) is 3.18. The first-order chi connectivity index (χ1) is 10.3. The van der Waals surface area contributed by atoms with Gasteiger partial charge >= 0.3 is 0 Å². The Balaban J connectivity index is 1.78. The molecule has 3 nitrogen and oxygen atoms in total. The molecule has 2 aromatic rings. The molecule has 0 aromatic heterocycles. The Morgan fingerprint density at radius 3 is 2.90 bits per heavy atom. The highest BCUT2D eigenvalue weighted by Gasteiger charge is 2.16. The molecular weight excluding hydrogens is 284 g/mol. The third-order valence-corrected chi connectivity index (χ3v) is 3.96. The van der Waals surface area contributed by atoms with Gasteiger partial charge in [-0.1, -0.05) is 35.9 Å². The van der Waals surface area contributed by atoms with E-state index in [4.69, 9.17) is 21.6 Å². The average molecular weight is 299 g/mol. The Morgan fingerprint density at radius 2 is 2.10 bits per heavy atom. The molecule has 0 amide bonds. The number of fused-ring (bicyclic) bond motifs is 1. The number of benzene rings is 2. The standard InChI is InChI=1S/C17H15ClN2O/c18-16-9-13(10-19)5-6-14(16)11-20-7-8-21-17-4-2-1-3-15(17)12-20/h1-6,9H,7-8,11-12H2. The van der Waals surface area contributed by atoms with Gasteiger partial charge in [0, 0.05) is 30.2 Å². The van der Waals surface area contributed by atoms with Crippen molar-refractivity contribution in [3.05, 3.63) is 64.2 Å². The van der Waals surface area contributed by atoms with Crippen LogP contribution in [0.3, 0.4) is 0 Å². The molecule has 0 radical (unpaired) electrons. The van der Waals surface area contributed by atoms with E-state index in [0.29, 0.717) is 17.2 Å². The number of hydrogen-bond donors (Lipinski definition) is 0. The van der Waals surface area contributed by atoms with Crippen LogP contribution in [0.25, 0.3) is 0 Å². The first kappa shape index (κ1) is 13.9. The van der Waals surface area contributed by atoms with Crippen molar-refractivity contribution in [3.8, 4) is 11.8 Å². The lowest BCUT2D eigenvalue weighted by molar-refractivity contribution is 0.219. The second-order valence-electron chi connectivity index (χ2n) is 5.08. The monoisotopic (exact) mass is 298 g/mol. The van der Waals surface area contributed by atoms with Gasteiger partial charge in [0.05, 0.1) is 11.6 Å². The molecule has 3 rings (SSSR count). The number of nitriles is 1. The fraction of sp³-hybridized carbons (Fsp3) is 0.235. The second-order valence-corrected chi connectivity index (χ2v) is 5.49. The minimum absolute atomic E-state index is 0.591. The summed E-state index contributed by atoms with van der Waals surface area (Å²) >= 11 is 6.26. The van der Waals surface area contributed by atoms with Gasteiger partial charge in [0.2, 0.25) is 0 Å². The summed E-state index contributed by atoms with van der Waals surface area (Å²) in [7, 11) is 0. The number of halogens is 1. The zero-order chi connectivity index (χ0) is 14.7. The van der Waals surface area contributed by atoms with Gasteiger partial charge in [0.15, 0.2) is 0 Å². The van der Waals surface area contributed by atoms with E-state index in [1.165, 1.54) is 5.56 Å². The van der Waals surface area contributed by atoms with E-state index in [2.05, 4.69) is 17.0 Å². The predicted octanol–water partition coefficient (Wildman–Crippen LogP) is 3.61. The van der Waals surface area contributed by atoms with E-state index in [-0.39, 0.29) is 0 Å². The summed E-state index contributed by atoms with van der Waals surface area (Å²) in [6.07, 6.45) is 0. The van der Waals surface area contributed by atoms with E-state index < -0.39 is 0 Å². The Bertz CT molecular complexity index is 693. The van der Waals surface area contributed by atoms with Gasteiger partial charge in [-0.3, -0.25) is 4.90 Å². The van der Waals surface area contributed by atoms with Crippen molar-refractivity contribution in [1.29, 1.82) is 5.26 Å². The van der Waals surface area contributed by atoms with Crippen LogP contribution in [0.4, 0.5) is 0 Å². The van der Waals surface area contributed by atoms with E-state index in [9.17, 15) is 0 Å². The van der Waals surface area contributed by atoms with Crippen molar-refractivity contribution in [2.75, 3.05) is 13.2 Å². The van der Waals surface area contributed by atoms with E-state index in [1.807, 2.05) is 30.3 Å². The number of rotatable bonds is 2. The maximum absolute atomic E-state index is 8.89. The van der Waals surface area contributed by atoms with Crippen molar-refractivity contribution >= 4 is 11.6 Å². The first-order valence-electron chi connectivity index (χ1n) is 6.88. The summed E-state index contributed by atoms with van der Waals surface area (Å²) < 4.78 is 5.77. The van der Waals surface area contributed by atoms with Crippen molar-refractivity contribution in [2.24, 2.45) is 0 Å². The van der Waals surface area contributed by atoms with Crippen molar-refractivity contribution in [2.45, 2.75) is 13.1 Å². The molecule has 0 aliphatic carbocycles. The van der Waals surface area contributed by atoms with Crippen molar-refractivity contribution in [3.63, 3.8) is 0 Å². The lowest BCUT2D eigenvalue weighted by Crippen LogP contribution is -2.25. The maximum Gasteiger partial charge on any atom is 0.123 e. The molecule has 0 saturated heterocycles. The van der Waals surface area contributed by atoms with Crippen LogP contribution in [0, 0.1) is 11.3 Å². The average Bonchev–Trinajstić information content (AvgIpc) is 2.71. The van der Waals surface area contributed by atoms with Gasteiger partial charge in [-0.05, 0) is 23.8 Å². The van der Waals surface area contributed by atoms with E-state index >= 15 is 0 Å². The molecule has 1 aliphatic heterocycles. The highest BCUT2D eigenvalue weighted by Crippen LogP contribution is 2.25. The quantitative estimate of drug-likeness (QED) is 0.850. The van der Waals surface area contributed by atoms with Crippen LogP contribution in [0.2, 0.25) is 5.02 Å². The molecule has 0 fully saturated rings. The lowest BCUT2D eigenvalue weighted by atomic mass is 10.1. The zero-order valence-electron chi connectivity index (χ0n) is 11.6. The van der Waals surface area contributed by atoms with Crippen LogP contribution in [-0.2, 0) is 13.1 Å². The van der Waals surface area contributed by atoms with E-state index in [1.54, 1.807) is 6.07 Å². The van der Waals surface area contributed by atoms with Crippen LogP contribution in [0.5, 0.6) is 5.75 Å². The fourth-order valence-corrected chi connectivity index (χ4v) is 2.74. The molecule has 1 heterocycles. The molecule has 4 heteroatoms. The van der Waals surface area contributed by atoms with Crippen LogP contribution in [0.15, 0.2) is 42.5 Å². The highest BCUT2D eigenvalue weighted by molar-refractivity contribution is 6.31. The van der Waals surface area contributed by atoms with Crippen molar-refractivity contribution in [1.82, 2.24) is 4.90 Å². The lowest BCUT2D eigenvalue weighted by Gasteiger charge is -2.20. The molecule has 2 aromatic carbocycles. The van der Waals surface area contributed by atoms with Crippen LogP contribution >= 0.6 is 11.6 Å². The molecular formula is C17H15ClN2O. The van der Waals surface area contributed by atoms with Gasteiger partial charge < -0.3 is 4.74 Å². The molecule has 0 unspecified atom stereocenters. The Hall–Kier alpha value is -2.02. The summed E-state index contributed by atoms with van der Waals surface area (Å²) in [6, 6.07) is 15.7. The van der Waals surface area contributed by atoms with Crippen LogP contribution in [-0.4, -0.2) is 18.1 Å². The highest BCUT2D eigenvalue weighted by atomic mass is 35.5. The molecule has 0 saturated carbocycles. The second kappa shape index (κ2) is 6.17. The van der Waals surface area contributed by atoms with Crippen LogP contribution in [0.1, 0.15) is 16.7 Å². The Kier molecular flexibility index (Phi) is 4.10. The fourth-order valence-electron chi connectivity index (χ4n) is 2.50. The Labute approximate surface area is 129 Å². The predicted molar refractivity (Wildman–Crippen MR) is 82.2 cm³/mol. The molecule has 106 valence electrons. The third-order valence-electron chi connectivity index (χ3n) is 3.61. The normalized spacial score (nSPS) is 14.7. The molecule has 0 bridgehead atoms. The van der Waals surface area contributed by atoms with Gasteiger partial charge in [0.1, 0.15) is 12.4 Å². The van der Waals surface area contributed by atoms with Gasteiger partial charge in [-0.25, -0.2) is 0 Å². The molecule has 0 spiro atoms. The number of hydrogen-bond acceptors (Lipinski definition) is 3. The zero-order valence-corrected chi connectivity index (χ0v) is 12.3. The van der Waals surface area contributed by atoms with Crippen molar-refractivity contribution < 1.29 is 4.74 Å². The van der Waals surface area contributed by atoms with E-state index in [0.717, 1.165) is 30.9 Å². The SMILES string of the molecule is N#Cc1ccc(CN2CCOc3ccccc3C2)c(Cl)c1. The Morgan fingerprint density at radius 1 is 1.24 bits per heavy atom.